The second kappa shape index (κ2) is 6.73. The molecule has 0 saturated heterocycles. The molecular weight excluding hydrogens is 298 g/mol. The Hall–Kier alpha value is -1.49. The summed E-state index contributed by atoms with van der Waals surface area (Å²) in [6.07, 6.45) is 4.67. The molecule has 1 saturated carbocycles. The van der Waals surface area contributed by atoms with Crippen LogP contribution in [0, 0.1) is 6.92 Å². The van der Waals surface area contributed by atoms with E-state index in [4.69, 9.17) is 5.10 Å². The first-order valence-corrected chi connectivity index (χ1v) is 7.94. The van der Waals surface area contributed by atoms with Crippen LogP contribution >= 0.6 is 12.4 Å². The molecule has 1 fully saturated rings. The maximum absolute atomic E-state index is 4.78. The summed E-state index contributed by atoms with van der Waals surface area (Å²) in [7, 11) is 0. The Labute approximate surface area is 138 Å². The summed E-state index contributed by atoms with van der Waals surface area (Å²) in [5.41, 5.74) is 4.69. The third-order valence-corrected chi connectivity index (χ3v) is 4.05. The molecule has 0 amide bonds. The van der Waals surface area contributed by atoms with Crippen molar-refractivity contribution in [1.29, 1.82) is 0 Å². The van der Waals surface area contributed by atoms with Crippen LogP contribution in [0.5, 0.6) is 0 Å². The van der Waals surface area contributed by atoms with E-state index in [0.29, 0.717) is 12.0 Å². The van der Waals surface area contributed by atoms with E-state index < -0.39 is 0 Å². The van der Waals surface area contributed by atoms with E-state index in [9.17, 15) is 0 Å². The lowest BCUT2D eigenvalue weighted by Gasteiger charge is -2.11. The van der Waals surface area contributed by atoms with Crippen LogP contribution in [0.3, 0.4) is 0 Å². The number of hydrogen-bond donors (Lipinski definition) is 1. The molecule has 2 aromatic heterocycles. The largest absolute Gasteiger partial charge is 0.377 e. The Morgan fingerprint density at radius 3 is 2.59 bits per heavy atom. The maximum atomic E-state index is 4.78. The SMILES string of the molecule is CCn1cc(NCc2cc(C3CC3)nn2C(C)C)c(C)n1.Cl. The molecule has 1 N–H and O–H groups in total. The number of hydrogen-bond acceptors (Lipinski definition) is 3. The van der Waals surface area contributed by atoms with Crippen molar-refractivity contribution >= 4 is 18.1 Å². The molecular formula is C16H26ClN5. The summed E-state index contributed by atoms with van der Waals surface area (Å²) in [6, 6.07) is 2.67. The molecule has 0 bridgehead atoms. The van der Waals surface area contributed by atoms with Crippen molar-refractivity contribution in [2.45, 2.75) is 65.6 Å². The Bertz CT molecular complexity index is 625. The van der Waals surface area contributed by atoms with Gasteiger partial charge in [0.25, 0.3) is 0 Å². The standard InChI is InChI=1S/C16H25N5.ClH/c1-5-20-10-16(12(4)18-20)17-9-14-8-15(13-6-7-13)19-21(14)11(2)3;/h8,10-11,13,17H,5-7,9H2,1-4H3;1H. The topological polar surface area (TPSA) is 47.7 Å². The minimum absolute atomic E-state index is 0. The van der Waals surface area contributed by atoms with Crippen molar-refractivity contribution in [3.8, 4) is 0 Å². The fraction of sp³-hybridized carbons (Fsp3) is 0.625. The van der Waals surface area contributed by atoms with Crippen LogP contribution in [0.25, 0.3) is 0 Å². The molecule has 122 valence electrons. The van der Waals surface area contributed by atoms with Gasteiger partial charge in [0.15, 0.2) is 0 Å². The quantitative estimate of drug-likeness (QED) is 0.877. The van der Waals surface area contributed by atoms with Gasteiger partial charge in [0.1, 0.15) is 0 Å². The first-order valence-electron chi connectivity index (χ1n) is 7.94. The number of aromatic nitrogens is 4. The average Bonchev–Trinajstić information content (AvgIpc) is 3.11. The fourth-order valence-electron chi connectivity index (χ4n) is 2.65. The van der Waals surface area contributed by atoms with E-state index in [2.05, 4.69) is 48.1 Å². The maximum Gasteiger partial charge on any atom is 0.0825 e. The Morgan fingerprint density at radius 1 is 1.32 bits per heavy atom. The highest BCUT2D eigenvalue weighted by Gasteiger charge is 2.27. The lowest BCUT2D eigenvalue weighted by Crippen LogP contribution is -2.11. The number of rotatable bonds is 6. The molecule has 2 aromatic rings. The third-order valence-electron chi connectivity index (χ3n) is 4.05. The van der Waals surface area contributed by atoms with Gasteiger partial charge in [-0.1, -0.05) is 0 Å². The van der Waals surface area contributed by atoms with E-state index in [1.165, 1.54) is 24.2 Å². The van der Waals surface area contributed by atoms with Gasteiger partial charge in [-0.2, -0.15) is 10.2 Å². The Kier molecular flexibility index (Phi) is 5.16. The molecule has 1 aliphatic carbocycles. The fourth-order valence-corrected chi connectivity index (χ4v) is 2.65. The number of halogens is 1. The minimum atomic E-state index is 0. The first kappa shape index (κ1) is 16.9. The zero-order valence-corrected chi connectivity index (χ0v) is 14.7. The van der Waals surface area contributed by atoms with Crippen molar-refractivity contribution < 1.29 is 0 Å². The molecule has 0 spiro atoms. The van der Waals surface area contributed by atoms with Crippen molar-refractivity contribution in [3.63, 3.8) is 0 Å². The van der Waals surface area contributed by atoms with E-state index in [1.54, 1.807) is 0 Å². The highest BCUT2D eigenvalue weighted by Crippen LogP contribution is 2.39. The zero-order chi connectivity index (χ0) is 15.0. The normalized spacial score (nSPS) is 14.2. The molecule has 5 nitrogen and oxygen atoms in total. The van der Waals surface area contributed by atoms with Gasteiger partial charge in [-0.3, -0.25) is 9.36 Å². The molecule has 0 aromatic carbocycles. The molecule has 0 aliphatic heterocycles. The van der Waals surface area contributed by atoms with Crippen LogP contribution in [0.4, 0.5) is 5.69 Å². The number of nitrogens with zero attached hydrogens (tertiary/aromatic N) is 4. The summed E-state index contributed by atoms with van der Waals surface area (Å²) in [5, 5.41) is 12.8. The predicted octanol–water partition coefficient (Wildman–Crippen LogP) is 3.90. The third kappa shape index (κ3) is 3.46. The summed E-state index contributed by atoms with van der Waals surface area (Å²) in [6.45, 7) is 10.2. The van der Waals surface area contributed by atoms with Crippen LogP contribution in [0.1, 0.15) is 62.7 Å². The van der Waals surface area contributed by atoms with Gasteiger partial charge in [0, 0.05) is 24.7 Å². The van der Waals surface area contributed by atoms with Gasteiger partial charge in [0.05, 0.1) is 29.3 Å². The molecule has 6 heteroatoms. The van der Waals surface area contributed by atoms with Crippen LogP contribution in [-0.2, 0) is 13.1 Å². The van der Waals surface area contributed by atoms with Gasteiger partial charge < -0.3 is 5.32 Å². The lowest BCUT2D eigenvalue weighted by molar-refractivity contribution is 0.507. The van der Waals surface area contributed by atoms with Crippen LogP contribution in [0.2, 0.25) is 0 Å². The molecule has 2 heterocycles. The Balaban J connectivity index is 0.00000176. The van der Waals surface area contributed by atoms with E-state index in [1.807, 2.05) is 11.6 Å². The second-order valence-electron chi connectivity index (χ2n) is 6.21. The summed E-state index contributed by atoms with van der Waals surface area (Å²) < 4.78 is 4.12. The van der Waals surface area contributed by atoms with E-state index in [0.717, 1.165) is 24.5 Å². The first-order chi connectivity index (χ1) is 10.1. The highest BCUT2D eigenvalue weighted by atomic mass is 35.5. The van der Waals surface area contributed by atoms with Crippen LogP contribution < -0.4 is 5.32 Å². The van der Waals surface area contributed by atoms with Gasteiger partial charge in [0.2, 0.25) is 0 Å². The molecule has 0 radical (unpaired) electrons. The van der Waals surface area contributed by atoms with E-state index in [-0.39, 0.29) is 12.4 Å². The molecule has 0 atom stereocenters. The zero-order valence-electron chi connectivity index (χ0n) is 13.8. The van der Waals surface area contributed by atoms with Gasteiger partial charge >= 0.3 is 0 Å². The van der Waals surface area contributed by atoms with Gasteiger partial charge in [-0.05, 0) is 46.6 Å². The predicted molar refractivity (Wildman–Crippen MR) is 91.8 cm³/mol. The summed E-state index contributed by atoms with van der Waals surface area (Å²) in [4.78, 5) is 0. The van der Waals surface area contributed by atoms with Gasteiger partial charge in [-0.15, -0.1) is 12.4 Å². The molecule has 22 heavy (non-hydrogen) atoms. The van der Waals surface area contributed by atoms with Crippen molar-refractivity contribution in [2.75, 3.05) is 5.32 Å². The number of nitrogens with one attached hydrogen (secondary N) is 1. The lowest BCUT2D eigenvalue weighted by atomic mass is 10.2. The van der Waals surface area contributed by atoms with Crippen LogP contribution in [-0.4, -0.2) is 19.6 Å². The minimum Gasteiger partial charge on any atom is -0.377 e. The number of aryl methyl sites for hydroxylation is 2. The average molecular weight is 324 g/mol. The smallest absolute Gasteiger partial charge is 0.0825 e. The van der Waals surface area contributed by atoms with E-state index >= 15 is 0 Å². The molecule has 3 rings (SSSR count). The summed E-state index contributed by atoms with van der Waals surface area (Å²) >= 11 is 0. The van der Waals surface area contributed by atoms with Crippen LogP contribution in [0.15, 0.2) is 12.3 Å². The highest BCUT2D eigenvalue weighted by molar-refractivity contribution is 5.85. The second-order valence-corrected chi connectivity index (χ2v) is 6.21. The number of anilines is 1. The molecule has 0 unspecified atom stereocenters. The van der Waals surface area contributed by atoms with Crippen molar-refractivity contribution in [1.82, 2.24) is 19.6 Å². The van der Waals surface area contributed by atoms with Crippen molar-refractivity contribution in [3.05, 3.63) is 29.3 Å². The molecule has 1 aliphatic rings. The Morgan fingerprint density at radius 2 is 2.05 bits per heavy atom. The summed E-state index contributed by atoms with van der Waals surface area (Å²) in [5.74, 6) is 0.702. The van der Waals surface area contributed by atoms with Crippen molar-refractivity contribution in [2.24, 2.45) is 0 Å². The van der Waals surface area contributed by atoms with Gasteiger partial charge in [-0.25, -0.2) is 0 Å². The monoisotopic (exact) mass is 323 g/mol.